The number of rotatable bonds is 5. The molecule has 0 aliphatic heterocycles. The molecule has 0 bridgehead atoms. The number of nitrogens with zero attached hydrogens (tertiary/aromatic N) is 1. The quantitative estimate of drug-likeness (QED) is 0.635. The van der Waals surface area contributed by atoms with Gasteiger partial charge in [-0.25, -0.2) is 0 Å². The third-order valence-electron chi connectivity index (χ3n) is 4.84. The van der Waals surface area contributed by atoms with Gasteiger partial charge in [-0.3, -0.25) is 0 Å². The Morgan fingerprint density at radius 2 is 1.40 bits per heavy atom. The van der Waals surface area contributed by atoms with Crippen LogP contribution >= 0.6 is 0 Å². The lowest BCUT2D eigenvalue weighted by Gasteiger charge is -2.44. The predicted molar refractivity (Wildman–Crippen MR) is 71.8 cm³/mol. The van der Waals surface area contributed by atoms with E-state index in [-0.39, 0.29) is 0 Å². The first-order valence-electron chi connectivity index (χ1n) is 6.93. The molecule has 0 spiro atoms. The summed E-state index contributed by atoms with van der Waals surface area (Å²) in [6, 6.07) is 5.23. The first-order chi connectivity index (χ1) is 7.20. The maximum atomic E-state index is 2.85. The SMILES string of the molecule is CC[Si](CC)(CC)N(C)C1CCCCC1. The Morgan fingerprint density at radius 3 is 1.80 bits per heavy atom. The average Bonchev–Trinajstić information content (AvgIpc) is 2.33. The third-order valence-corrected chi connectivity index (χ3v) is 10.7. The van der Waals surface area contributed by atoms with Crippen LogP contribution in [0.3, 0.4) is 0 Å². The molecule has 15 heavy (non-hydrogen) atoms. The summed E-state index contributed by atoms with van der Waals surface area (Å²) in [6.45, 7) is 7.25. The van der Waals surface area contributed by atoms with Crippen LogP contribution in [0.2, 0.25) is 18.1 Å². The van der Waals surface area contributed by atoms with Gasteiger partial charge in [-0.05, 0) is 38.0 Å². The molecule has 0 heterocycles. The van der Waals surface area contributed by atoms with Crippen molar-refractivity contribution in [1.82, 2.24) is 4.57 Å². The van der Waals surface area contributed by atoms with E-state index in [0.29, 0.717) is 0 Å². The summed E-state index contributed by atoms with van der Waals surface area (Å²) in [5, 5.41) is 0. The monoisotopic (exact) mass is 227 g/mol. The largest absolute Gasteiger partial charge is 0.323 e. The van der Waals surface area contributed by atoms with Crippen molar-refractivity contribution < 1.29 is 0 Å². The fraction of sp³-hybridized carbons (Fsp3) is 1.00. The second-order valence-corrected chi connectivity index (χ2v) is 10.5. The smallest absolute Gasteiger partial charge is 0.127 e. The Balaban J connectivity index is 2.65. The molecule has 1 nitrogen and oxygen atoms in total. The second-order valence-electron chi connectivity index (χ2n) is 5.19. The van der Waals surface area contributed by atoms with E-state index in [1.165, 1.54) is 50.2 Å². The zero-order chi connectivity index (χ0) is 11.3. The molecule has 0 N–H and O–H groups in total. The van der Waals surface area contributed by atoms with E-state index in [2.05, 4.69) is 32.4 Å². The molecule has 0 aromatic rings. The molecule has 2 heteroatoms. The van der Waals surface area contributed by atoms with Crippen LogP contribution in [0, 0.1) is 0 Å². The Labute approximate surface area is 97.3 Å². The lowest BCUT2D eigenvalue weighted by atomic mass is 9.96. The Bertz CT molecular complexity index is 163. The molecular weight excluding hydrogens is 198 g/mol. The van der Waals surface area contributed by atoms with Gasteiger partial charge in [0.25, 0.3) is 0 Å². The predicted octanol–water partition coefficient (Wildman–Crippen LogP) is 4.26. The van der Waals surface area contributed by atoms with Gasteiger partial charge >= 0.3 is 0 Å². The Morgan fingerprint density at radius 1 is 0.933 bits per heavy atom. The highest BCUT2D eigenvalue weighted by molar-refractivity contribution is 6.77. The minimum atomic E-state index is -1.07. The van der Waals surface area contributed by atoms with Crippen LogP contribution in [0.4, 0.5) is 0 Å². The van der Waals surface area contributed by atoms with E-state index in [1.807, 2.05) is 0 Å². The van der Waals surface area contributed by atoms with Crippen LogP contribution in [0.15, 0.2) is 0 Å². The van der Waals surface area contributed by atoms with Gasteiger partial charge in [-0.15, -0.1) is 0 Å². The maximum Gasteiger partial charge on any atom is 0.127 e. The molecule has 1 aliphatic rings. The van der Waals surface area contributed by atoms with Gasteiger partial charge in [0.05, 0.1) is 0 Å². The van der Waals surface area contributed by atoms with E-state index < -0.39 is 8.24 Å². The maximum absolute atomic E-state index is 2.85. The van der Waals surface area contributed by atoms with Crippen LogP contribution in [0.1, 0.15) is 52.9 Å². The fourth-order valence-corrected chi connectivity index (χ4v) is 7.38. The summed E-state index contributed by atoms with van der Waals surface area (Å²) in [5.74, 6) is 0. The van der Waals surface area contributed by atoms with Gasteiger partial charge in [0.1, 0.15) is 8.24 Å². The highest BCUT2D eigenvalue weighted by atomic mass is 28.3. The van der Waals surface area contributed by atoms with Crippen molar-refractivity contribution in [3.05, 3.63) is 0 Å². The van der Waals surface area contributed by atoms with Crippen molar-refractivity contribution in [2.45, 2.75) is 77.0 Å². The minimum Gasteiger partial charge on any atom is -0.323 e. The molecule has 1 saturated carbocycles. The van der Waals surface area contributed by atoms with Crippen LogP contribution in [0.25, 0.3) is 0 Å². The first-order valence-corrected chi connectivity index (χ1v) is 9.50. The summed E-state index contributed by atoms with van der Waals surface area (Å²) in [6.07, 6.45) is 7.34. The molecule has 0 amide bonds. The summed E-state index contributed by atoms with van der Waals surface area (Å²) in [4.78, 5) is 0. The molecule has 1 rings (SSSR count). The summed E-state index contributed by atoms with van der Waals surface area (Å²) < 4.78 is 2.85. The average molecular weight is 227 g/mol. The molecule has 1 fully saturated rings. The van der Waals surface area contributed by atoms with E-state index in [0.717, 1.165) is 6.04 Å². The normalized spacial score (nSPS) is 19.8. The second kappa shape index (κ2) is 6.05. The molecule has 0 aromatic carbocycles. The lowest BCUT2D eigenvalue weighted by Crippen LogP contribution is -2.55. The highest BCUT2D eigenvalue weighted by Crippen LogP contribution is 2.31. The van der Waals surface area contributed by atoms with Crippen molar-refractivity contribution in [3.63, 3.8) is 0 Å². The van der Waals surface area contributed by atoms with Crippen LogP contribution in [0.5, 0.6) is 0 Å². The lowest BCUT2D eigenvalue weighted by molar-refractivity contribution is 0.276. The van der Waals surface area contributed by atoms with E-state index >= 15 is 0 Å². The minimum absolute atomic E-state index is 0.922. The van der Waals surface area contributed by atoms with Gasteiger partial charge in [0.15, 0.2) is 0 Å². The molecule has 0 atom stereocenters. The van der Waals surface area contributed by atoms with E-state index in [4.69, 9.17) is 0 Å². The zero-order valence-corrected chi connectivity index (χ0v) is 12.2. The Hall–Kier alpha value is 0.177. The van der Waals surface area contributed by atoms with Crippen molar-refractivity contribution in [2.75, 3.05) is 7.05 Å². The molecule has 0 radical (unpaired) electrons. The van der Waals surface area contributed by atoms with Crippen LogP contribution in [-0.4, -0.2) is 25.9 Å². The van der Waals surface area contributed by atoms with Crippen molar-refractivity contribution in [3.8, 4) is 0 Å². The summed E-state index contributed by atoms with van der Waals surface area (Å²) in [5.41, 5.74) is 0. The van der Waals surface area contributed by atoms with Crippen molar-refractivity contribution in [2.24, 2.45) is 0 Å². The zero-order valence-electron chi connectivity index (χ0n) is 11.2. The van der Waals surface area contributed by atoms with Gasteiger partial charge < -0.3 is 4.57 Å². The third kappa shape index (κ3) is 2.85. The standard InChI is InChI=1S/C13H29NSi/c1-5-15(6-2,7-3)14(4)13-11-9-8-10-12-13/h13H,5-12H2,1-4H3. The summed E-state index contributed by atoms with van der Waals surface area (Å²) in [7, 11) is 1.35. The highest BCUT2D eigenvalue weighted by Gasteiger charge is 2.36. The molecular formula is C13H29NSi. The molecule has 0 aromatic heterocycles. The topological polar surface area (TPSA) is 3.24 Å². The van der Waals surface area contributed by atoms with Gasteiger partial charge in [0.2, 0.25) is 0 Å². The van der Waals surface area contributed by atoms with Crippen LogP contribution < -0.4 is 0 Å². The van der Waals surface area contributed by atoms with E-state index in [9.17, 15) is 0 Å². The summed E-state index contributed by atoms with van der Waals surface area (Å²) >= 11 is 0. The molecule has 0 unspecified atom stereocenters. The van der Waals surface area contributed by atoms with E-state index in [1.54, 1.807) is 0 Å². The van der Waals surface area contributed by atoms with Gasteiger partial charge in [0, 0.05) is 6.04 Å². The number of hydrogen-bond donors (Lipinski definition) is 0. The molecule has 90 valence electrons. The Kier molecular flexibility index (Phi) is 5.34. The molecule has 1 aliphatic carbocycles. The van der Waals surface area contributed by atoms with Gasteiger partial charge in [-0.2, -0.15) is 0 Å². The first kappa shape index (κ1) is 13.2. The van der Waals surface area contributed by atoms with Crippen molar-refractivity contribution in [1.29, 1.82) is 0 Å². The van der Waals surface area contributed by atoms with Gasteiger partial charge in [-0.1, -0.05) is 40.0 Å². The van der Waals surface area contributed by atoms with Crippen molar-refractivity contribution >= 4 is 8.24 Å². The molecule has 0 saturated heterocycles. The van der Waals surface area contributed by atoms with Crippen LogP contribution in [-0.2, 0) is 0 Å². The number of hydrogen-bond acceptors (Lipinski definition) is 1. The fourth-order valence-electron chi connectivity index (χ4n) is 3.35.